The first kappa shape index (κ1) is 13.9. The number of nitrogens with one attached hydrogen (secondary N) is 1. The van der Waals surface area contributed by atoms with Crippen LogP contribution in [0.4, 0.5) is 0 Å². The Morgan fingerprint density at radius 1 is 1.39 bits per heavy atom. The standard InChI is InChI=1S/C13H24N4S/c1-11-10-18-13(15-11)12(2)14-4-5-17-8-6-16(3)7-9-17/h10,12,14H,4-9H2,1-3H3. The summed E-state index contributed by atoms with van der Waals surface area (Å²) < 4.78 is 0. The highest BCUT2D eigenvalue weighted by molar-refractivity contribution is 7.09. The van der Waals surface area contributed by atoms with Gasteiger partial charge in [0, 0.05) is 50.3 Å². The van der Waals surface area contributed by atoms with Crippen molar-refractivity contribution in [3.63, 3.8) is 0 Å². The minimum absolute atomic E-state index is 0.371. The highest BCUT2D eigenvalue weighted by Gasteiger charge is 2.14. The average Bonchev–Trinajstić information content (AvgIpc) is 2.78. The van der Waals surface area contributed by atoms with E-state index in [1.165, 1.54) is 31.2 Å². The van der Waals surface area contributed by atoms with Gasteiger partial charge in [0.05, 0.1) is 6.04 Å². The van der Waals surface area contributed by atoms with E-state index in [-0.39, 0.29) is 0 Å². The Bertz CT molecular complexity index is 358. The highest BCUT2D eigenvalue weighted by atomic mass is 32.1. The molecule has 5 heteroatoms. The lowest BCUT2D eigenvalue weighted by molar-refractivity contribution is 0.154. The van der Waals surface area contributed by atoms with Crippen molar-refractivity contribution in [3.8, 4) is 0 Å². The van der Waals surface area contributed by atoms with Crippen LogP contribution in [0.25, 0.3) is 0 Å². The number of hydrogen-bond donors (Lipinski definition) is 1. The lowest BCUT2D eigenvalue weighted by Gasteiger charge is -2.32. The van der Waals surface area contributed by atoms with Crippen molar-refractivity contribution in [2.24, 2.45) is 0 Å². The maximum Gasteiger partial charge on any atom is 0.110 e. The molecule has 1 fully saturated rings. The zero-order valence-corrected chi connectivity index (χ0v) is 12.5. The van der Waals surface area contributed by atoms with E-state index in [1.807, 2.05) is 0 Å². The lowest BCUT2D eigenvalue weighted by atomic mass is 10.3. The monoisotopic (exact) mass is 268 g/mol. The van der Waals surface area contributed by atoms with Crippen LogP contribution in [-0.2, 0) is 0 Å². The minimum Gasteiger partial charge on any atom is -0.307 e. The summed E-state index contributed by atoms with van der Waals surface area (Å²) in [5.74, 6) is 0. The molecular weight excluding hydrogens is 244 g/mol. The molecule has 0 bridgehead atoms. The van der Waals surface area contributed by atoms with Gasteiger partial charge in [0.1, 0.15) is 5.01 Å². The van der Waals surface area contributed by atoms with E-state index in [2.05, 4.69) is 46.4 Å². The Kier molecular flexibility index (Phi) is 5.12. The maximum absolute atomic E-state index is 4.52. The van der Waals surface area contributed by atoms with Crippen molar-refractivity contribution in [1.29, 1.82) is 0 Å². The van der Waals surface area contributed by atoms with Gasteiger partial charge in [-0.3, -0.25) is 4.90 Å². The van der Waals surface area contributed by atoms with Crippen LogP contribution in [0.2, 0.25) is 0 Å². The number of thiazole rings is 1. The third kappa shape index (κ3) is 4.02. The second-order valence-electron chi connectivity index (χ2n) is 5.15. The van der Waals surface area contributed by atoms with Gasteiger partial charge in [-0.1, -0.05) is 0 Å². The lowest BCUT2D eigenvalue weighted by Crippen LogP contribution is -2.46. The Morgan fingerprint density at radius 3 is 2.72 bits per heavy atom. The SMILES string of the molecule is Cc1csc(C(C)NCCN2CCN(C)CC2)n1. The molecule has 102 valence electrons. The summed E-state index contributed by atoms with van der Waals surface area (Å²) >= 11 is 1.75. The van der Waals surface area contributed by atoms with Crippen LogP contribution in [0.3, 0.4) is 0 Å². The molecule has 0 aliphatic carbocycles. The van der Waals surface area contributed by atoms with Gasteiger partial charge < -0.3 is 10.2 Å². The smallest absolute Gasteiger partial charge is 0.110 e. The fourth-order valence-electron chi connectivity index (χ4n) is 2.17. The fraction of sp³-hybridized carbons (Fsp3) is 0.769. The van der Waals surface area contributed by atoms with E-state index in [0.717, 1.165) is 18.8 Å². The quantitative estimate of drug-likeness (QED) is 0.873. The molecule has 2 rings (SSSR count). The second kappa shape index (κ2) is 6.61. The summed E-state index contributed by atoms with van der Waals surface area (Å²) in [4.78, 5) is 9.45. The van der Waals surface area contributed by atoms with E-state index >= 15 is 0 Å². The molecule has 1 aromatic rings. The first-order valence-electron chi connectivity index (χ1n) is 6.71. The van der Waals surface area contributed by atoms with Gasteiger partial charge in [0.15, 0.2) is 0 Å². The average molecular weight is 268 g/mol. The molecule has 0 saturated carbocycles. The minimum atomic E-state index is 0.371. The molecule has 0 radical (unpaired) electrons. The van der Waals surface area contributed by atoms with Gasteiger partial charge in [-0.2, -0.15) is 0 Å². The first-order chi connectivity index (χ1) is 8.65. The van der Waals surface area contributed by atoms with E-state index in [0.29, 0.717) is 6.04 Å². The Balaban J connectivity index is 1.66. The van der Waals surface area contributed by atoms with Crippen LogP contribution in [0, 0.1) is 6.92 Å². The van der Waals surface area contributed by atoms with E-state index in [4.69, 9.17) is 0 Å². The zero-order chi connectivity index (χ0) is 13.0. The van der Waals surface area contributed by atoms with Crippen LogP contribution in [0.15, 0.2) is 5.38 Å². The second-order valence-corrected chi connectivity index (χ2v) is 6.04. The predicted molar refractivity (Wildman–Crippen MR) is 77.2 cm³/mol. The molecule has 0 amide bonds. The van der Waals surface area contributed by atoms with Crippen LogP contribution in [0.5, 0.6) is 0 Å². The van der Waals surface area contributed by atoms with Gasteiger partial charge in [-0.15, -0.1) is 11.3 Å². The zero-order valence-electron chi connectivity index (χ0n) is 11.6. The largest absolute Gasteiger partial charge is 0.307 e. The molecule has 0 aromatic carbocycles. The number of aryl methyl sites for hydroxylation is 1. The summed E-state index contributed by atoms with van der Waals surface area (Å²) in [7, 11) is 2.20. The number of nitrogens with zero attached hydrogens (tertiary/aromatic N) is 3. The summed E-state index contributed by atoms with van der Waals surface area (Å²) in [6.45, 7) is 11.2. The van der Waals surface area contributed by atoms with Gasteiger partial charge in [0.2, 0.25) is 0 Å². The van der Waals surface area contributed by atoms with Crippen molar-refractivity contribution in [2.75, 3.05) is 46.3 Å². The molecule has 2 heterocycles. The summed E-state index contributed by atoms with van der Waals surface area (Å²) in [5.41, 5.74) is 1.13. The normalized spacial score (nSPS) is 20.2. The van der Waals surface area contributed by atoms with Crippen LogP contribution in [0.1, 0.15) is 23.7 Å². The Hall–Kier alpha value is -0.490. The number of likely N-dealkylation sites (N-methyl/N-ethyl adjacent to an activating group) is 1. The number of aromatic nitrogens is 1. The Morgan fingerprint density at radius 2 is 2.11 bits per heavy atom. The molecule has 18 heavy (non-hydrogen) atoms. The molecule has 1 atom stereocenters. The van der Waals surface area contributed by atoms with Gasteiger partial charge >= 0.3 is 0 Å². The van der Waals surface area contributed by atoms with Crippen molar-refractivity contribution in [2.45, 2.75) is 19.9 Å². The van der Waals surface area contributed by atoms with Crippen LogP contribution < -0.4 is 5.32 Å². The van der Waals surface area contributed by atoms with Crippen molar-refractivity contribution in [1.82, 2.24) is 20.1 Å². The summed E-state index contributed by atoms with van der Waals surface area (Å²) in [5, 5.41) is 6.88. The van der Waals surface area contributed by atoms with E-state index in [1.54, 1.807) is 11.3 Å². The topological polar surface area (TPSA) is 31.4 Å². The summed E-state index contributed by atoms with van der Waals surface area (Å²) in [6.07, 6.45) is 0. The number of rotatable bonds is 5. The molecule has 0 spiro atoms. The molecule has 1 unspecified atom stereocenters. The molecule has 1 aromatic heterocycles. The molecule has 1 saturated heterocycles. The van der Waals surface area contributed by atoms with Gasteiger partial charge in [-0.25, -0.2) is 4.98 Å². The van der Waals surface area contributed by atoms with Gasteiger partial charge in [-0.05, 0) is 20.9 Å². The summed E-state index contributed by atoms with van der Waals surface area (Å²) in [6, 6.07) is 0.371. The first-order valence-corrected chi connectivity index (χ1v) is 7.59. The van der Waals surface area contributed by atoms with Crippen molar-refractivity contribution >= 4 is 11.3 Å². The van der Waals surface area contributed by atoms with Crippen molar-refractivity contribution in [3.05, 3.63) is 16.1 Å². The Labute approximate surface area is 114 Å². The molecule has 1 N–H and O–H groups in total. The van der Waals surface area contributed by atoms with E-state index < -0.39 is 0 Å². The van der Waals surface area contributed by atoms with Crippen molar-refractivity contribution < 1.29 is 0 Å². The fourth-order valence-corrected chi connectivity index (χ4v) is 3.00. The van der Waals surface area contributed by atoms with Gasteiger partial charge in [0.25, 0.3) is 0 Å². The molecule has 1 aliphatic heterocycles. The van der Waals surface area contributed by atoms with Crippen LogP contribution in [-0.4, -0.2) is 61.1 Å². The third-order valence-electron chi connectivity index (χ3n) is 3.48. The number of piperazine rings is 1. The molecular formula is C13H24N4S. The highest BCUT2D eigenvalue weighted by Crippen LogP contribution is 2.16. The van der Waals surface area contributed by atoms with E-state index in [9.17, 15) is 0 Å². The maximum atomic E-state index is 4.52. The third-order valence-corrected chi connectivity index (χ3v) is 4.63. The predicted octanol–water partition coefficient (Wildman–Crippen LogP) is 1.35. The van der Waals surface area contributed by atoms with Crippen LogP contribution >= 0.6 is 11.3 Å². The molecule has 1 aliphatic rings. The molecule has 4 nitrogen and oxygen atoms in total. The number of hydrogen-bond acceptors (Lipinski definition) is 5.